The smallest absolute Gasteiger partial charge is 0.232 e. The SMILES string of the molecule is CCCCc1ccc(CNc2cc(N(CCOCCC)CC(CC)CCCC)c(OC)cc2/N=N/c2nc(Cl)c(C=O)s2)cc1. The Bertz CT molecular complexity index is 1330. The van der Waals surface area contributed by atoms with Crippen LogP contribution in [0.5, 0.6) is 5.75 Å². The molecule has 0 saturated carbocycles. The summed E-state index contributed by atoms with van der Waals surface area (Å²) < 4.78 is 11.9. The number of carbonyl (C=O) groups is 1. The van der Waals surface area contributed by atoms with Crippen LogP contribution in [-0.2, 0) is 17.7 Å². The normalized spacial score (nSPS) is 12.0. The third-order valence-electron chi connectivity index (χ3n) is 7.79. The number of ether oxygens (including phenoxy) is 2. The van der Waals surface area contributed by atoms with Gasteiger partial charge in [0.25, 0.3) is 0 Å². The number of methoxy groups -OCH3 is 1. The van der Waals surface area contributed by atoms with Crippen molar-refractivity contribution < 1.29 is 14.3 Å². The number of nitrogens with zero attached hydrogens (tertiary/aromatic N) is 4. The van der Waals surface area contributed by atoms with E-state index in [1.807, 2.05) is 6.07 Å². The Kier molecular flexibility index (Phi) is 16.4. The summed E-state index contributed by atoms with van der Waals surface area (Å²) in [6.07, 6.45) is 9.84. The summed E-state index contributed by atoms with van der Waals surface area (Å²) in [5.74, 6) is 1.27. The number of azo groups is 1. The molecule has 45 heavy (non-hydrogen) atoms. The van der Waals surface area contributed by atoms with Crippen LogP contribution in [0, 0.1) is 5.92 Å². The second kappa shape index (κ2) is 20.2. The molecular formula is C35H50ClN5O3S. The number of anilines is 2. The van der Waals surface area contributed by atoms with Crippen molar-refractivity contribution in [2.24, 2.45) is 16.1 Å². The molecule has 246 valence electrons. The van der Waals surface area contributed by atoms with E-state index in [1.54, 1.807) is 7.11 Å². The summed E-state index contributed by atoms with van der Waals surface area (Å²) in [6, 6.07) is 12.8. The van der Waals surface area contributed by atoms with E-state index in [9.17, 15) is 4.79 Å². The third kappa shape index (κ3) is 11.7. The van der Waals surface area contributed by atoms with Crippen LogP contribution < -0.4 is 15.0 Å². The van der Waals surface area contributed by atoms with Crippen molar-refractivity contribution in [2.75, 3.05) is 43.6 Å². The number of halogens is 1. The molecule has 0 amide bonds. The number of unbranched alkanes of at least 4 members (excludes halogenated alkanes) is 2. The van der Waals surface area contributed by atoms with Crippen LogP contribution in [0.25, 0.3) is 0 Å². The highest BCUT2D eigenvalue weighted by Gasteiger charge is 2.20. The van der Waals surface area contributed by atoms with Gasteiger partial charge in [0.05, 0.1) is 25.1 Å². The molecule has 10 heteroatoms. The zero-order valence-corrected chi connectivity index (χ0v) is 29.2. The third-order valence-corrected chi connectivity index (χ3v) is 9.05. The van der Waals surface area contributed by atoms with Crippen LogP contribution in [0.4, 0.5) is 22.2 Å². The molecule has 0 aliphatic rings. The monoisotopic (exact) mass is 655 g/mol. The molecule has 8 nitrogen and oxygen atoms in total. The molecule has 0 spiro atoms. The lowest BCUT2D eigenvalue weighted by molar-refractivity contribution is 0.112. The zero-order valence-electron chi connectivity index (χ0n) is 27.6. The molecule has 1 atom stereocenters. The first-order valence-electron chi connectivity index (χ1n) is 16.4. The van der Waals surface area contributed by atoms with Crippen LogP contribution >= 0.6 is 22.9 Å². The van der Waals surface area contributed by atoms with E-state index in [0.717, 1.165) is 61.7 Å². The van der Waals surface area contributed by atoms with Crippen molar-refractivity contribution in [3.8, 4) is 5.75 Å². The van der Waals surface area contributed by atoms with Crippen molar-refractivity contribution in [1.29, 1.82) is 0 Å². The summed E-state index contributed by atoms with van der Waals surface area (Å²) in [7, 11) is 1.68. The number of rotatable bonds is 22. The Labute approximate surface area is 278 Å². The molecule has 1 N–H and O–H groups in total. The Morgan fingerprint density at radius 1 is 1.02 bits per heavy atom. The van der Waals surface area contributed by atoms with Crippen molar-refractivity contribution >= 4 is 51.4 Å². The minimum atomic E-state index is 0.132. The highest BCUT2D eigenvalue weighted by atomic mass is 35.5. The number of aromatic nitrogens is 1. The lowest BCUT2D eigenvalue weighted by Crippen LogP contribution is -2.33. The number of aldehydes is 1. The molecule has 0 radical (unpaired) electrons. The molecule has 1 unspecified atom stereocenters. The van der Waals surface area contributed by atoms with Crippen LogP contribution in [0.2, 0.25) is 5.15 Å². The highest BCUT2D eigenvalue weighted by Crippen LogP contribution is 2.41. The number of hydrogen-bond donors (Lipinski definition) is 1. The van der Waals surface area contributed by atoms with E-state index in [-0.39, 0.29) is 5.15 Å². The summed E-state index contributed by atoms with van der Waals surface area (Å²) in [6.45, 7) is 12.5. The second-order valence-corrected chi connectivity index (χ2v) is 12.6. The number of nitrogens with one attached hydrogen (secondary N) is 1. The average molecular weight is 656 g/mol. The van der Waals surface area contributed by atoms with Crippen LogP contribution in [0.3, 0.4) is 0 Å². The lowest BCUT2D eigenvalue weighted by Gasteiger charge is -2.31. The topological polar surface area (TPSA) is 88.4 Å². The van der Waals surface area contributed by atoms with Crippen LogP contribution in [0.15, 0.2) is 46.6 Å². The fourth-order valence-corrected chi connectivity index (χ4v) is 5.95. The number of aryl methyl sites for hydroxylation is 1. The fraction of sp³-hybridized carbons (Fsp3) is 0.543. The average Bonchev–Trinajstić information content (AvgIpc) is 3.44. The minimum Gasteiger partial charge on any atom is -0.494 e. The Balaban J connectivity index is 1.99. The minimum absolute atomic E-state index is 0.132. The van der Waals surface area contributed by atoms with E-state index in [2.05, 4.69) is 83.5 Å². The predicted octanol–water partition coefficient (Wildman–Crippen LogP) is 10.4. The van der Waals surface area contributed by atoms with Gasteiger partial charge >= 0.3 is 0 Å². The second-order valence-electron chi connectivity index (χ2n) is 11.3. The maximum atomic E-state index is 11.3. The molecule has 0 bridgehead atoms. The molecule has 1 heterocycles. The van der Waals surface area contributed by atoms with Gasteiger partial charge in [-0.3, -0.25) is 4.79 Å². The first-order chi connectivity index (χ1) is 22.0. The first kappa shape index (κ1) is 36.5. The Hall–Kier alpha value is -3.01. The van der Waals surface area contributed by atoms with Crippen molar-refractivity contribution in [1.82, 2.24) is 4.98 Å². The molecule has 0 saturated heterocycles. The largest absolute Gasteiger partial charge is 0.494 e. The Morgan fingerprint density at radius 3 is 2.42 bits per heavy atom. The zero-order chi connectivity index (χ0) is 32.4. The van der Waals surface area contributed by atoms with Crippen molar-refractivity contribution in [2.45, 2.75) is 85.6 Å². The predicted molar refractivity (Wildman–Crippen MR) is 189 cm³/mol. The molecule has 1 aromatic heterocycles. The standard InChI is InChI=1S/C35H50ClN5O3S/c1-6-10-12-26(9-4)24-41(18-20-44-19-8-3)31-21-29(37-23-28-16-14-27(15-17-28)13-11-7-2)30(22-32(31)43-5)39-40-35-38-34(36)33(25-42)45-35/h14-17,21-22,25-26,37H,6-13,18-20,23-24H2,1-5H3/b40-39+. The number of thiazole rings is 1. The summed E-state index contributed by atoms with van der Waals surface area (Å²) >= 11 is 7.19. The fourth-order valence-electron chi connectivity index (χ4n) is 5.07. The van der Waals surface area contributed by atoms with Gasteiger partial charge in [-0.15, -0.1) is 10.2 Å². The van der Waals surface area contributed by atoms with Crippen LogP contribution in [-0.4, -0.2) is 44.7 Å². The van der Waals surface area contributed by atoms with Gasteiger partial charge in [-0.1, -0.05) is 101 Å². The number of benzene rings is 2. The molecule has 3 rings (SSSR count). The summed E-state index contributed by atoms with van der Waals surface area (Å²) in [5, 5.41) is 12.9. The number of hydrogen-bond acceptors (Lipinski definition) is 9. The molecular weight excluding hydrogens is 606 g/mol. The first-order valence-corrected chi connectivity index (χ1v) is 17.5. The summed E-state index contributed by atoms with van der Waals surface area (Å²) in [5.41, 5.74) is 4.95. The molecule has 2 aromatic carbocycles. The van der Waals surface area contributed by atoms with Gasteiger partial charge in [0.15, 0.2) is 11.4 Å². The van der Waals surface area contributed by atoms with Crippen molar-refractivity contribution in [3.63, 3.8) is 0 Å². The highest BCUT2D eigenvalue weighted by molar-refractivity contribution is 7.17. The van der Waals surface area contributed by atoms with Gasteiger partial charge in [-0.05, 0) is 48.8 Å². The molecule has 0 aliphatic carbocycles. The summed E-state index contributed by atoms with van der Waals surface area (Å²) in [4.78, 5) is 18.2. The van der Waals surface area contributed by atoms with E-state index in [1.165, 1.54) is 43.2 Å². The van der Waals surface area contributed by atoms with Crippen molar-refractivity contribution in [3.05, 3.63) is 57.6 Å². The molecule has 0 aliphatic heterocycles. The van der Waals surface area contributed by atoms with E-state index < -0.39 is 0 Å². The maximum absolute atomic E-state index is 11.3. The van der Waals surface area contributed by atoms with Gasteiger partial charge in [0.2, 0.25) is 5.13 Å². The van der Waals surface area contributed by atoms with Gasteiger partial charge in [-0.2, -0.15) is 0 Å². The van der Waals surface area contributed by atoms with Gasteiger partial charge in [-0.25, -0.2) is 4.98 Å². The molecule has 0 fully saturated rings. The maximum Gasteiger partial charge on any atom is 0.232 e. The quantitative estimate of drug-likeness (QED) is 0.0658. The number of carbonyl (C=O) groups excluding carboxylic acids is 1. The van der Waals surface area contributed by atoms with Gasteiger partial charge in [0.1, 0.15) is 16.3 Å². The van der Waals surface area contributed by atoms with E-state index in [0.29, 0.717) is 46.8 Å². The lowest BCUT2D eigenvalue weighted by atomic mass is 9.98. The Morgan fingerprint density at radius 2 is 1.78 bits per heavy atom. The van der Waals surface area contributed by atoms with E-state index >= 15 is 0 Å². The van der Waals surface area contributed by atoms with E-state index in [4.69, 9.17) is 21.1 Å². The molecule has 3 aromatic rings. The van der Waals surface area contributed by atoms with Gasteiger partial charge < -0.3 is 19.7 Å². The van der Waals surface area contributed by atoms with Gasteiger partial charge in [0, 0.05) is 32.3 Å². The van der Waals surface area contributed by atoms with Crippen LogP contribution in [0.1, 0.15) is 93.4 Å².